The Bertz CT molecular complexity index is 638. The van der Waals surface area contributed by atoms with Gasteiger partial charge in [-0.3, -0.25) is 0 Å². The molecule has 0 saturated carbocycles. The summed E-state index contributed by atoms with van der Waals surface area (Å²) in [6, 6.07) is 0. The van der Waals surface area contributed by atoms with Crippen molar-refractivity contribution in [2.75, 3.05) is 27.3 Å². The highest BCUT2D eigenvalue weighted by Crippen LogP contribution is 2.06. The van der Waals surface area contributed by atoms with Crippen LogP contribution < -0.4 is 5.32 Å². The molecule has 0 fully saturated rings. The molecule has 0 saturated heterocycles. The summed E-state index contributed by atoms with van der Waals surface area (Å²) in [5.41, 5.74) is -0.206. The first-order valence-electron chi connectivity index (χ1n) is 6.88. The van der Waals surface area contributed by atoms with E-state index in [-0.39, 0.29) is 24.2 Å². The third-order valence-electron chi connectivity index (χ3n) is 2.73. The Hall–Kier alpha value is -3.42. The number of rotatable bonds is 10. The Balaban J connectivity index is 5.06. The van der Waals surface area contributed by atoms with Gasteiger partial charge >= 0.3 is 11.9 Å². The molecule has 132 valence electrons. The Morgan fingerprint density at radius 2 is 1.28 bits per heavy atom. The van der Waals surface area contributed by atoms with Crippen LogP contribution in [0.4, 0.5) is 0 Å². The summed E-state index contributed by atoms with van der Waals surface area (Å²) in [6.07, 6.45) is 14.9. The molecule has 0 unspecified atom stereocenters. The summed E-state index contributed by atoms with van der Waals surface area (Å²) in [4.78, 5) is 22.0. The van der Waals surface area contributed by atoms with E-state index in [1.54, 1.807) is 0 Å². The van der Waals surface area contributed by atoms with E-state index in [4.69, 9.17) is 32.5 Å². The van der Waals surface area contributed by atoms with Crippen molar-refractivity contribution in [1.29, 1.82) is 0 Å². The van der Waals surface area contributed by atoms with Crippen LogP contribution in [0.25, 0.3) is 0 Å². The molecule has 0 aromatic carbocycles. The predicted molar refractivity (Wildman–Crippen MR) is 92.2 cm³/mol. The number of carboxylic acids is 2. The summed E-state index contributed by atoms with van der Waals surface area (Å²) in [6.45, 7) is 0.321. The van der Waals surface area contributed by atoms with Gasteiger partial charge in [0.2, 0.25) is 0 Å². The molecule has 3 N–H and O–H groups in total. The number of allylic oxidation sites excluding steroid dienone is 2. The fourth-order valence-electron chi connectivity index (χ4n) is 1.53. The van der Waals surface area contributed by atoms with Gasteiger partial charge in [-0.05, 0) is 12.2 Å². The van der Waals surface area contributed by atoms with Crippen molar-refractivity contribution in [2.45, 2.75) is 0 Å². The van der Waals surface area contributed by atoms with Crippen molar-refractivity contribution in [2.24, 2.45) is 0 Å². The number of hydrogen-bond donors (Lipinski definition) is 3. The third kappa shape index (κ3) is 8.70. The maximum atomic E-state index is 11.0. The van der Waals surface area contributed by atoms with Crippen LogP contribution in [0.2, 0.25) is 0 Å². The van der Waals surface area contributed by atoms with Crippen LogP contribution in [-0.4, -0.2) is 49.5 Å². The number of methoxy groups -OCH3 is 2. The maximum absolute atomic E-state index is 11.0. The third-order valence-corrected chi connectivity index (χ3v) is 2.73. The zero-order chi connectivity index (χ0) is 19.2. The van der Waals surface area contributed by atoms with Gasteiger partial charge < -0.3 is 25.0 Å². The van der Waals surface area contributed by atoms with Gasteiger partial charge in [-0.15, -0.1) is 12.8 Å². The van der Waals surface area contributed by atoms with Crippen molar-refractivity contribution in [1.82, 2.24) is 5.32 Å². The molecule has 7 heteroatoms. The van der Waals surface area contributed by atoms with Crippen LogP contribution in [0.15, 0.2) is 47.0 Å². The molecular formula is C18H19NO6. The zero-order valence-electron chi connectivity index (χ0n) is 13.9. The average Bonchev–Trinajstić information content (AvgIpc) is 2.57. The molecule has 25 heavy (non-hydrogen) atoms. The van der Waals surface area contributed by atoms with Gasteiger partial charge in [-0.2, -0.15) is 0 Å². The van der Waals surface area contributed by atoms with Crippen LogP contribution in [-0.2, 0) is 19.1 Å². The van der Waals surface area contributed by atoms with Gasteiger partial charge in [0.15, 0.2) is 0 Å². The van der Waals surface area contributed by atoms with Crippen molar-refractivity contribution in [3.05, 3.63) is 47.0 Å². The first kappa shape index (κ1) is 21.6. The second-order valence-corrected chi connectivity index (χ2v) is 4.38. The molecule has 0 atom stereocenters. The lowest BCUT2D eigenvalue weighted by Gasteiger charge is -2.10. The minimum absolute atomic E-state index is 0.103. The second kappa shape index (κ2) is 12.1. The maximum Gasteiger partial charge on any atom is 0.336 e. The molecular weight excluding hydrogens is 326 g/mol. The minimum Gasteiger partial charge on any atom is -0.500 e. The number of carbonyl (C=O) groups is 2. The van der Waals surface area contributed by atoms with Gasteiger partial charge in [0.05, 0.1) is 38.5 Å². The fraction of sp³-hybridized carbons (Fsp3) is 0.222. The summed E-state index contributed by atoms with van der Waals surface area (Å²) in [7, 11) is 2.77. The van der Waals surface area contributed by atoms with Crippen LogP contribution in [0, 0.1) is 24.7 Å². The SMILES string of the molecule is C#C/C=C(\C=C(/CNC/C(=C\C(=C/C#C)C(=O)O)OC)OC)C(=O)O. The van der Waals surface area contributed by atoms with E-state index in [2.05, 4.69) is 17.2 Å². The number of aliphatic carboxylic acids is 2. The molecule has 0 radical (unpaired) electrons. The summed E-state index contributed by atoms with van der Waals surface area (Å²) < 4.78 is 10.2. The molecule has 0 rings (SSSR count). The largest absolute Gasteiger partial charge is 0.500 e. The van der Waals surface area contributed by atoms with Gasteiger partial charge in [-0.25, -0.2) is 9.59 Å². The van der Waals surface area contributed by atoms with Crippen molar-refractivity contribution in [3.8, 4) is 24.7 Å². The van der Waals surface area contributed by atoms with Crippen molar-refractivity contribution < 1.29 is 29.3 Å². The van der Waals surface area contributed by atoms with E-state index in [9.17, 15) is 9.59 Å². The summed E-state index contributed by atoms with van der Waals surface area (Å²) >= 11 is 0. The Kier molecular flexibility index (Phi) is 10.4. The van der Waals surface area contributed by atoms with E-state index in [0.29, 0.717) is 11.5 Å². The van der Waals surface area contributed by atoms with Crippen molar-refractivity contribution in [3.63, 3.8) is 0 Å². The average molecular weight is 345 g/mol. The number of terminal acetylenes is 2. The molecule has 0 bridgehead atoms. The van der Waals surface area contributed by atoms with E-state index in [0.717, 1.165) is 12.2 Å². The van der Waals surface area contributed by atoms with Gasteiger partial charge in [-0.1, -0.05) is 11.8 Å². The quantitative estimate of drug-likeness (QED) is 0.234. The lowest BCUT2D eigenvalue weighted by molar-refractivity contribution is -0.133. The van der Waals surface area contributed by atoms with Crippen LogP contribution in [0.1, 0.15) is 0 Å². The minimum atomic E-state index is -1.18. The topological polar surface area (TPSA) is 105 Å². The van der Waals surface area contributed by atoms with E-state index in [1.165, 1.54) is 26.4 Å². The van der Waals surface area contributed by atoms with E-state index < -0.39 is 11.9 Å². The van der Waals surface area contributed by atoms with Crippen LogP contribution in [0.3, 0.4) is 0 Å². The standard InChI is InChI=1S/C18H19NO6/c1-5-7-13(17(20)21)9-15(24-3)11-19-12-16(25-4)10-14(8-6-2)18(22)23/h1-2,7-10,19H,11-12H2,3-4H3,(H,20,21)(H,22,23)/b13-7+,14-8+,15-9+,16-10+. The molecule has 0 aliphatic rings. The number of nitrogens with one attached hydrogen (secondary N) is 1. The lowest BCUT2D eigenvalue weighted by atomic mass is 10.2. The summed E-state index contributed by atoms with van der Waals surface area (Å²) in [5, 5.41) is 21.0. The molecule has 0 heterocycles. The second-order valence-electron chi connectivity index (χ2n) is 4.38. The first-order chi connectivity index (χ1) is 11.9. The highest BCUT2D eigenvalue weighted by atomic mass is 16.5. The van der Waals surface area contributed by atoms with Gasteiger partial charge in [0.25, 0.3) is 0 Å². The zero-order valence-corrected chi connectivity index (χ0v) is 13.9. The highest BCUT2D eigenvalue weighted by molar-refractivity contribution is 5.91. The fourth-order valence-corrected chi connectivity index (χ4v) is 1.53. The number of carboxylic acid groups (broad SMARTS) is 2. The van der Waals surface area contributed by atoms with Crippen LogP contribution >= 0.6 is 0 Å². The van der Waals surface area contributed by atoms with Gasteiger partial charge in [0, 0.05) is 12.2 Å². The van der Waals surface area contributed by atoms with E-state index in [1.807, 2.05) is 0 Å². The van der Waals surface area contributed by atoms with Gasteiger partial charge in [0.1, 0.15) is 11.5 Å². The van der Waals surface area contributed by atoms with Crippen molar-refractivity contribution >= 4 is 11.9 Å². The van der Waals surface area contributed by atoms with Crippen LogP contribution in [0.5, 0.6) is 0 Å². The Labute approximate surface area is 146 Å². The lowest BCUT2D eigenvalue weighted by Crippen LogP contribution is -2.22. The molecule has 0 spiro atoms. The van der Waals surface area contributed by atoms with E-state index >= 15 is 0 Å². The molecule has 7 nitrogen and oxygen atoms in total. The molecule has 0 aliphatic carbocycles. The predicted octanol–water partition coefficient (Wildman–Crippen LogP) is 0.925. The Morgan fingerprint density at radius 3 is 1.52 bits per heavy atom. The smallest absolute Gasteiger partial charge is 0.336 e. The normalized spacial score (nSPS) is 12.8. The molecule has 0 amide bonds. The summed E-state index contributed by atoms with van der Waals surface area (Å²) in [5.74, 6) is 2.54. The highest BCUT2D eigenvalue weighted by Gasteiger charge is 2.08. The first-order valence-corrected chi connectivity index (χ1v) is 6.88. The Morgan fingerprint density at radius 1 is 0.920 bits per heavy atom. The number of ether oxygens (including phenoxy) is 2. The molecule has 0 aromatic rings. The monoisotopic (exact) mass is 345 g/mol. The molecule has 0 aromatic heterocycles. The number of hydrogen-bond acceptors (Lipinski definition) is 5. The molecule has 0 aliphatic heterocycles.